The summed E-state index contributed by atoms with van der Waals surface area (Å²) < 4.78 is 32.4. The minimum Gasteiger partial charge on any atom is -0.454 e. The van der Waals surface area contributed by atoms with Gasteiger partial charge in [-0.15, -0.1) is 0 Å². The first kappa shape index (κ1) is 13.9. The summed E-state index contributed by atoms with van der Waals surface area (Å²) in [4.78, 5) is 12.2. The van der Waals surface area contributed by atoms with E-state index in [0.29, 0.717) is 5.56 Å². The number of cyclic esters (lactones) is 1. The molecule has 2 aromatic carbocycles. The van der Waals surface area contributed by atoms with Crippen LogP contribution in [0.5, 0.6) is 0 Å². The molecule has 1 saturated heterocycles. The Kier molecular flexibility index (Phi) is 3.59. The number of rotatable bonds is 3. The van der Waals surface area contributed by atoms with Gasteiger partial charge in [0.2, 0.25) is 0 Å². The third-order valence-electron chi connectivity index (χ3n) is 3.42. The van der Waals surface area contributed by atoms with E-state index in [-0.39, 0.29) is 11.3 Å². The zero-order valence-corrected chi connectivity index (χ0v) is 11.9. The highest BCUT2D eigenvalue weighted by Gasteiger charge is 2.55. The number of ether oxygens (including phenoxy) is 1. The number of halogens is 1. The third-order valence-corrected chi connectivity index (χ3v) is 5.05. The summed E-state index contributed by atoms with van der Waals surface area (Å²) in [6, 6.07) is 17.1. The Balaban J connectivity index is 1.89. The molecule has 0 saturated carbocycles. The van der Waals surface area contributed by atoms with Crippen molar-refractivity contribution in [1.82, 2.24) is 0 Å². The summed E-state index contributed by atoms with van der Waals surface area (Å²) in [6.07, 6.45) is -0.937. The molecular formula is C16H13FO3S. The van der Waals surface area contributed by atoms with Crippen LogP contribution >= 0.6 is 0 Å². The summed E-state index contributed by atoms with van der Waals surface area (Å²) >= 11 is 0. The lowest BCUT2D eigenvalue weighted by Gasteiger charge is -2.14. The fourth-order valence-electron chi connectivity index (χ4n) is 2.32. The van der Waals surface area contributed by atoms with Crippen molar-refractivity contribution in [3.63, 3.8) is 0 Å². The predicted molar refractivity (Wildman–Crippen MR) is 76.6 cm³/mol. The Morgan fingerprint density at radius 3 is 2.24 bits per heavy atom. The lowest BCUT2D eigenvalue weighted by molar-refractivity contribution is -0.146. The van der Waals surface area contributed by atoms with Gasteiger partial charge in [-0.2, -0.15) is 0 Å². The largest absolute Gasteiger partial charge is 0.454 e. The van der Waals surface area contributed by atoms with Crippen LogP contribution in [0.2, 0.25) is 0 Å². The molecule has 0 radical (unpaired) electrons. The van der Waals surface area contributed by atoms with Crippen molar-refractivity contribution in [2.75, 3.05) is 0 Å². The summed E-state index contributed by atoms with van der Waals surface area (Å²) in [5.74, 6) is -1.06. The summed E-state index contributed by atoms with van der Waals surface area (Å²) in [5, 5.41) is -2.50. The number of hydrogen-bond donors (Lipinski definition) is 0. The Morgan fingerprint density at radius 1 is 1.05 bits per heavy atom. The molecule has 0 bridgehead atoms. The van der Waals surface area contributed by atoms with Crippen LogP contribution in [0.4, 0.5) is 4.39 Å². The summed E-state index contributed by atoms with van der Waals surface area (Å²) in [5.41, 5.74) is 0.704. The molecule has 0 aliphatic carbocycles. The van der Waals surface area contributed by atoms with Crippen molar-refractivity contribution in [2.24, 2.45) is 0 Å². The van der Waals surface area contributed by atoms with E-state index in [1.54, 1.807) is 54.6 Å². The maximum Gasteiger partial charge on any atom is 0.358 e. The zero-order valence-electron chi connectivity index (χ0n) is 11.1. The van der Waals surface area contributed by atoms with Crippen LogP contribution in [-0.4, -0.2) is 15.2 Å². The van der Waals surface area contributed by atoms with Crippen molar-refractivity contribution >= 4 is 16.8 Å². The topological polar surface area (TPSA) is 43.4 Å². The van der Waals surface area contributed by atoms with E-state index < -0.39 is 27.9 Å². The number of esters is 1. The first-order valence-corrected chi connectivity index (χ1v) is 7.68. The van der Waals surface area contributed by atoms with Crippen molar-refractivity contribution in [3.8, 4) is 0 Å². The fraction of sp³-hybridized carbons (Fsp3) is 0.188. The predicted octanol–water partition coefficient (Wildman–Crippen LogP) is 3.15. The van der Waals surface area contributed by atoms with E-state index in [2.05, 4.69) is 0 Å². The van der Waals surface area contributed by atoms with Crippen LogP contribution in [0.25, 0.3) is 0 Å². The minimum atomic E-state index is -2.50. The van der Waals surface area contributed by atoms with Crippen LogP contribution in [0.15, 0.2) is 65.6 Å². The second-order valence-electron chi connectivity index (χ2n) is 4.82. The average Bonchev–Trinajstić information content (AvgIpc) is 2.85. The maximum atomic E-state index is 14.9. The molecule has 1 aliphatic rings. The highest BCUT2D eigenvalue weighted by molar-refractivity contribution is 7.87. The number of alkyl halides is 1. The molecule has 21 heavy (non-hydrogen) atoms. The molecule has 1 aliphatic heterocycles. The van der Waals surface area contributed by atoms with E-state index in [4.69, 9.17) is 4.74 Å². The van der Waals surface area contributed by atoms with Crippen molar-refractivity contribution < 1.29 is 18.1 Å². The van der Waals surface area contributed by atoms with Gasteiger partial charge in [-0.3, -0.25) is 4.21 Å². The zero-order chi connectivity index (χ0) is 14.9. The van der Waals surface area contributed by atoms with Crippen LogP contribution in [0.3, 0.4) is 0 Å². The normalized spacial score (nSPS) is 26.3. The SMILES string of the molecule is O=C1O[C@@H](c2ccccc2)C[C@]1(F)S(=O)c1ccccc1. The second kappa shape index (κ2) is 5.41. The first-order valence-electron chi connectivity index (χ1n) is 6.53. The van der Waals surface area contributed by atoms with Gasteiger partial charge < -0.3 is 4.74 Å². The molecule has 0 N–H and O–H groups in total. The van der Waals surface area contributed by atoms with Crippen molar-refractivity contribution in [1.29, 1.82) is 0 Å². The first-order chi connectivity index (χ1) is 10.1. The second-order valence-corrected chi connectivity index (χ2v) is 6.47. The van der Waals surface area contributed by atoms with Crippen LogP contribution in [0, 0.1) is 0 Å². The fourth-order valence-corrected chi connectivity index (χ4v) is 3.60. The average molecular weight is 304 g/mol. The van der Waals surface area contributed by atoms with Gasteiger partial charge in [0.25, 0.3) is 5.00 Å². The highest BCUT2D eigenvalue weighted by Crippen LogP contribution is 2.42. The molecule has 0 amide bonds. The Hall–Kier alpha value is -2.01. The van der Waals surface area contributed by atoms with Gasteiger partial charge in [0.15, 0.2) is 0 Å². The van der Waals surface area contributed by atoms with Gasteiger partial charge in [-0.05, 0) is 17.7 Å². The molecule has 0 spiro atoms. The summed E-state index contributed by atoms with van der Waals surface area (Å²) in [6.45, 7) is 0. The van der Waals surface area contributed by atoms with Crippen LogP contribution in [0.1, 0.15) is 18.1 Å². The molecule has 1 fully saturated rings. The smallest absolute Gasteiger partial charge is 0.358 e. The van der Waals surface area contributed by atoms with E-state index in [9.17, 15) is 13.4 Å². The van der Waals surface area contributed by atoms with Crippen LogP contribution < -0.4 is 0 Å². The van der Waals surface area contributed by atoms with E-state index >= 15 is 0 Å². The number of hydrogen-bond acceptors (Lipinski definition) is 3. The van der Waals surface area contributed by atoms with Crippen molar-refractivity contribution in [3.05, 3.63) is 66.2 Å². The third kappa shape index (κ3) is 2.49. The Bertz CT molecular complexity index is 674. The van der Waals surface area contributed by atoms with E-state index in [1.165, 1.54) is 0 Å². The minimum absolute atomic E-state index is 0.239. The molecule has 1 unspecified atom stereocenters. The Morgan fingerprint density at radius 2 is 1.62 bits per heavy atom. The number of carbonyl (C=O) groups excluding carboxylic acids is 1. The molecular weight excluding hydrogens is 291 g/mol. The molecule has 5 heteroatoms. The van der Waals surface area contributed by atoms with Gasteiger partial charge in [0.1, 0.15) is 16.9 Å². The van der Waals surface area contributed by atoms with Gasteiger partial charge in [-0.1, -0.05) is 48.5 Å². The lowest BCUT2D eigenvalue weighted by Crippen LogP contribution is -2.34. The van der Waals surface area contributed by atoms with Gasteiger partial charge in [0, 0.05) is 11.3 Å². The van der Waals surface area contributed by atoms with E-state index in [0.717, 1.165) is 0 Å². The molecule has 2 aromatic rings. The van der Waals surface area contributed by atoms with E-state index in [1.807, 2.05) is 6.07 Å². The molecule has 108 valence electrons. The van der Waals surface area contributed by atoms with Crippen molar-refractivity contribution in [2.45, 2.75) is 22.4 Å². The quantitative estimate of drug-likeness (QED) is 0.818. The van der Waals surface area contributed by atoms with Crippen LogP contribution in [-0.2, 0) is 20.3 Å². The van der Waals surface area contributed by atoms with Gasteiger partial charge in [0.05, 0.1) is 0 Å². The lowest BCUT2D eigenvalue weighted by atomic mass is 10.1. The molecule has 3 atom stereocenters. The van der Waals surface area contributed by atoms with Gasteiger partial charge >= 0.3 is 5.97 Å². The molecule has 3 rings (SSSR count). The number of carbonyl (C=O) groups is 1. The molecule has 3 nitrogen and oxygen atoms in total. The molecule has 1 heterocycles. The highest BCUT2D eigenvalue weighted by atomic mass is 32.2. The maximum absolute atomic E-state index is 14.9. The molecule has 0 aromatic heterocycles. The monoisotopic (exact) mass is 304 g/mol. The standard InChI is InChI=1S/C16H13FO3S/c17-16(21(19)13-9-5-2-6-10-13)11-14(20-15(16)18)12-7-3-1-4-8-12/h1-10,14H,11H2/t14-,16+,21?/m1/s1. The van der Waals surface area contributed by atoms with Gasteiger partial charge in [-0.25, -0.2) is 9.18 Å². The summed E-state index contributed by atoms with van der Waals surface area (Å²) in [7, 11) is -2.09. The Labute approximate surface area is 124 Å². The number of benzene rings is 2.